The van der Waals surface area contributed by atoms with Gasteiger partial charge in [0.25, 0.3) is 5.91 Å². The number of nitrogens with zero attached hydrogens (tertiary/aromatic N) is 1. The van der Waals surface area contributed by atoms with E-state index in [1.54, 1.807) is 0 Å². The van der Waals surface area contributed by atoms with E-state index >= 15 is 0 Å². The van der Waals surface area contributed by atoms with E-state index in [1.165, 1.54) is 11.8 Å². The molecule has 1 aliphatic heterocycles. The van der Waals surface area contributed by atoms with Crippen LogP contribution in [-0.4, -0.2) is 58.6 Å². The third-order valence-electron chi connectivity index (χ3n) is 6.31. The molecule has 1 atom stereocenters. The Bertz CT molecular complexity index is 1410. The first-order chi connectivity index (χ1) is 17.3. The highest BCUT2D eigenvalue weighted by molar-refractivity contribution is 7.92. The van der Waals surface area contributed by atoms with Crippen LogP contribution in [0.2, 0.25) is 0 Å². The van der Waals surface area contributed by atoms with Crippen molar-refractivity contribution in [2.24, 2.45) is 5.92 Å². The van der Waals surface area contributed by atoms with Crippen molar-refractivity contribution < 1.29 is 52.7 Å². The fourth-order valence-corrected chi connectivity index (χ4v) is 6.58. The van der Waals surface area contributed by atoms with Gasteiger partial charge in [-0.15, -0.1) is 13.2 Å². The van der Waals surface area contributed by atoms with Gasteiger partial charge in [0, 0.05) is 19.3 Å². The van der Waals surface area contributed by atoms with Crippen LogP contribution in [0.4, 0.5) is 26.3 Å². The Labute approximate surface area is 215 Å². The monoisotopic (exact) mass is 587 g/mol. The van der Waals surface area contributed by atoms with E-state index in [9.17, 15) is 48.0 Å². The normalized spacial score (nSPS) is 16.8. The van der Waals surface area contributed by atoms with Crippen molar-refractivity contribution in [1.29, 1.82) is 0 Å². The van der Waals surface area contributed by atoms with Crippen molar-refractivity contribution in [3.05, 3.63) is 53.6 Å². The number of sulfone groups is 2. The van der Waals surface area contributed by atoms with Gasteiger partial charge in [-0.1, -0.05) is 6.07 Å². The van der Waals surface area contributed by atoms with Gasteiger partial charge in [0.2, 0.25) is 0 Å². The molecule has 1 heterocycles. The molecule has 210 valence electrons. The summed E-state index contributed by atoms with van der Waals surface area (Å²) in [4.78, 5) is 13.2. The average molecular weight is 588 g/mol. The smallest absolute Gasteiger partial charge is 0.405 e. The zero-order chi connectivity index (χ0) is 28.7. The van der Waals surface area contributed by atoms with Crippen LogP contribution >= 0.6 is 0 Å². The maximum absolute atomic E-state index is 13.0. The van der Waals surface area contributed by atoms with Crippen LogP contribution in [0, 0.1) is 5.92 Å². The summed E-state index contributed by atoms with van der Waals surface area (Å²) in [5.41, 5.74) is -1.64. The Kier molecular flexibility index (Phi) is 8.14. The highest BCUT2D eigenvalue weighted by Gasteiger charge is 2.38. The molecule has 0 bridgehead atoms. The number of carbonyl (C=O) groups is 1. The Hall–Kier alpha value is -2.81. The highest BCUT2D eigenvalue weighted by atomic mass is 32.2. The second-order valence-corrected chi connectivity index (χ2v) is 13.2. The van der Waals surface area contributed by atoms with Gasteiger partial charge in [0.05, 0.1) is 26.2 Å². The summed E-state index contributed by atoms with van der Waals surface area (Å²) in [6.07, 6.45) is -8.93. The van der Waals surface area contributed by atoms with E-state index in [4.69, 9.17) is 0 Å². The number of benzene rings is 2. The fraction of sp³-hybridized carbons (Fsp3) is 0.435. The largest absolute Gasteiger partial charge is 0.573 e. The SMILES string of the molecule is C[C@@H](C1CCN(C(=O)c2ccc(S(C)(=O)=O)cc2OC(F)(F)F)CC1)S(=O)(=O)c1cccc(C(F)(F)F)c1. The van der Waals surface area contributed by atoms with Gasteiger partial charge >= 0.3 is 12.5 Å². The molecular weight excluding hydrogens is 564 g/mol. The Balaban J connectivity index is 1.78. The molecule has 0 aromatic heterocycles. The van der Waals surface area contributed by atoms with Crippen LogP contribution in [0.25, 0.3) is 0 Å². The molecule has 1 aliphatic rings. The van der Waals surface area contributed by atoms with Crippen molar-refractivity contribution in [2.75, 3.05) is 19.3 Å². The molecule has 0 saturated carbocycles. The Morgan fingerprint density at radius 2 is 1.55 bits per heavy atom. The average Bonchev–Trinajstić information content (AvgIpc) is 2.81. The summed E-state index contributed by atoms with van der Waals surface area (Å²) in [6.45, 7) is 1.26. The van der Waals surface area contributed by atoms with E-state index in [1.807, 2.05) is 0 Å². The molecule has 2 aromatic rings. The Morgan fingerprint density at radius 1 is 0.947 bits per heavy atom. The van der Waals surface area contributed by atoms with Gasteiger partial charge in [0.15, 0.2) is 19.7 Å². The number of hydrogen-bond donors (Lipinski definition) is 0. The molecule has 3 rings (SSSR count). The molecule has 0 aliphatic carbocycles. The number of hydrogen-bond acceptors (Lipinski definition) is 6. The summed E-state index contributed by atoms with van der Waals surface area (Å²) < 4.78 is 131. The van der Waals surface area contributed by atoms with Gasteiger partial charge in [-0.2, -0.15) is 13.2 Å². The van der Waals surface area contributed by atoms with Crippen molar-refractivity contribution in [2.45, 2.75) is 47.3 Å². The van der Waals surface area contributed by atoms with Crippen LogP contribution in [0.1, 0.15) is 35.7 Å². The molecule has 38 heavy (non-hydrogen) atoms. The third-order valence-corrected chi connectivity index (χ3v) is 9.69. The lowest BCUT2D eigenvalue weighted by Crippen LogP contribution is -2.42. The first-order valence-electron chi connectivity index (χ1n) is 11.1. The number of likely N-dealkylation sites (tertiary alicyclic amines) is 1. The predicted octanol–water partition coefficient (Wildman–Crippen LogP) is 4.72. The molecule has 0 spiro atoms. The summed E-state index contributed by atoms with van der Waals surface area (Å²) >= 11 is 0. The topological polar surface area (TPSA) is 97.8 Å². The molecule has 1 fully saturated rings. The Morgan fingerprint density at radius 3 is 2.08 bits per heavy atom. The third kappa shape index (κ3) is 6.79. The molecule has 0 N–H and O–H groups in total. The van der Waals surface area contributed by atoms with Gasteiger partial charge in [-0.05, 0) is 62.1 Å². The number of halogens is 6. The van der Waals surface area contributed by atoms with Crippen molar-refractivity contribution >= 4 is 25.6 Å². The van der Waals surface area contributed by atoms with E-state index < -0.39 is 76.0 Å². The van der Waals surface area contributed by atoms with Gasteiger partial charge in [-0.3, -0.25) is 4.79 Å². The minimum atomic E-state index is -5.20. The number of rotatable bonds is 6. The van der Waals surface area contributed by atoms with E-state index in [-0.39, 0.29) is 25.9 Å². The minimum absolute atomic E-state index is 0.0504. The quantitative estimate of drug-likeness (QED) is 0.454. The van der Waals surface area contributed by atoms with E-state index in [0.29, 0.717) is 12.1 Å². The lowest BCUT2D eigenvalue weighted by atomic mass is 9.93. The molecule has 15 heteroatoms. The lowest BCUT2D eigenvalue weighted by molar-refractivity contribution is -0.274. The fourth-order valence-electron chi connectivity index (χ4n) is 4.18. The number of piperidine rings is 1. The minimum Gasteiger partial charge on any atom is -0.405 e. The first-order valence-corrected chi connectivity index (χ1v) is 14.5. The molecule has 7 nitrogen and oxygen atoms in total. The number of alkyl halides is 6. The van der Waals surface area contributed by atoms with Crippen molar-refractivity contribution in [1.82, 2.24) is 4.90 Å². The molecule has 1 amide bonds. The maximum atomic E-state index is 13.0. The summed E-state index contributed by atoms with van der Waals surface area (Å²) in [7, 11) is -8.07. The molecular formula is C23H23F6NO6S2. The molecule has 0 unspecified atom stereocenters. The van der Waals surface area contributed by atoms with Gasteiger partial charge in [0.1, 0.15) is 5.75 Å². The van der Waals surface area contributed by atoms with E-state index in [2.05, 4.69) is 4.74 Å². The first kappa shape index (κ1) is 29.7. The van der Waals surface area contributed by atoms with Gasteiger partial charge < -0.3 is 9.64 Å². The van der Waals surface area contributed by atoms with Crippen LogP contribution in [0.15, 0.2) is 52.3 Å². The van der Waals surface area contributed by atoms with Crippen LogP contribution in [-0.2, 0) is 25.9 Å². The second kappa shape index (κ2) is 10.4. The zero-order valence-corrected chi connectivity index (χ0v) is 21.6. The molecule has 1 saturated heterocycles. The molecule has 0 radical (unpaired) electrons. The van der Waals surface area contributed by atoms with Crippen LogP contribution in [0.5, 0.6) is 5.75 Å². The number of ether oxygens (including phenoxy) is 1. The number of carbonyl (C=O) groups excluding carboxylic acids is 1. The maximum Gasteiger partial charge on any atom is 0.573 e. The predicted molar refractivity (Wildman–Crippen MR) is 123 cm³/mol. The van der Waals surface area contributed by atoms with Gasteiger partial charge in [-0.25, -0.2) is 16.8 Å². The summed E-state index contributed by atoms with van der Waals surface area (Å²) in [5.74, 6) is -2.42. The summed E-state index contributed by atoms with van der Waals surface area (Å²) in [5, 5.41) is -1.10. The number of amides is 1. The van der Waals surface area contributed by atoms with Crippen LogP contribution < -0.4 is 4.74 Å². The molecule has 2 aromatic carbocycles. The summed E-state index contributed by atoms with van der Waals surface area (Å²) in [6, 6.07) is 5.88. The second-order valence-electron chi connectivity index (χ2n) is 8.88. The van der Waals surface area contributed by atoms with Crippen molar-refractivity contribution in [3.63, 3.8) is 0 Å². The standard InChI is InChI=1S/C23H23F6NO6S2/c1-14(38(34,35)18-5-3-4-16(12-18)22(24,25)26)15-8-10-30(11-9-15)21(31)19-7-6-17(37(2,32)33)13-20(19)36-23(27,28)29/h3-7,12-15H,8-11H2,1-2H3/t14-/m0/s1. The zero-order valence-electron chi connectivity index (χ0n) is 20.0. The van der Waals surface area contributed by atoms with E-state index in [0.717, 1.165) is 36.6 Å². The lowest BCUT2D eigenvalue weighted by Gasteiger charge is -2.35. The van der Waals surface area contributed by atoms with Crippen LogP contribution in [0.3, 0.4) is 0 Å². The van der Waals surface area contributed by atoms with Crippen molar-refractivity contribution in [3.8, 4) is 5.75 Å². The highest BCUT2D eigenvalue weighted by Crippen LogP contribution is 2.35.